The first-order valence-electron chi connectivity index (χ1n) is 8.62. The number of rotatable bonds is 6. The second-order valence-electron chi connectivity index (χ2n) is 6.20. The van der Waals surface area contributed by atoms with Gasteiger partial charge in [0.1, 0.15) is 0 Å². The summed E-state index contributed by atoms with van der Waals surface area (Å²) in [5, 5.41) is 0.542. The summed E-state index contributed by atoms with van der Waals surface area (Å²) in [6, 6.07) is 9.72. The van der Waals surface area contributed by atoms with E-state index in [1.807, 2.05) is 0 Å². The van der Waals surface area contributed by atoms with E-state index in [4.69, 9.17) is 32.7 Å². The normalized spacial score (nSPS) is 15.1. The number of hydrogen-bond acceptors (Lipinski definition) is 6. The molecule has 1 aliphatic rings. The molecule has 0 aromatic heterocycles. The number of ketones is 1. The van der Waals surface area contributed by atoms with Gasteiger partial charge in [-0.2, -0.15) is 4.31 Å². The number of esters is 1. The molecule has 7 nitrogen and oxygen atoms in total. The van der Waals surface area contributed by atoms with Crippen molar-refractivity contribution in [2.24, 2.45) is 0 Å². The number of morpholine rings is 1. The molecule has 2 aromatic carbocycles. The summed E-state index contributed by atoms with van der Waals surface area (Å²) < 4.78 is 36.7. The van der Waals surface area contributed by atoms with Gasteiger partial charge in [-0.3, -0.25) is 4.79 Å². The largest absolute Gasteiger partial charge is 0.454 e. The van der Waals surface area contributed by atoms with E-state index in [1.165, 1.54) is 46.8 Å². The number of Topliss-reactive ketones (excluding diaryl/α,β-unsaturated/α-hetero) is 1. The van der Waals surface area contributed by atoms with Crippen LogP contribution in [0.5, 0.6) is 0 Å². The van der Waals surface area contributed by atoms with Crippen LogP contribution in [0.25, 0.3) is 0 Å². The van der Waals surface area contributed by atoms with Gasteiger partial charge in [-0.15, -0.1) is 0 Å². The Morgan fingerprint density at radius 3 is 2.14 bits per heavy atom. The molecule has 2 aromatic rings. The predicted octanol–water partition coefficient (Wildman–Crippen LogP) is 3.05. The lowest BCUT2D eigenvalue weighted by molar-refractivity contribution is 0.0474. The monoisotopic (exact) mass is 457 g/mol. The second kappa shape index (κ2) is 9.23. The first-order chi connectivity index (χ1) is 13.8. The maximum atomic E-state index is 12.6. The Bertz CT molecular complexity index is 997. The van der Waals surface area contributed by atoms with Crippen LogP contribution >= 0.6 is 23.2 Å². The van der Waals surface area contributed by atoms with E-state index in [0.29, 0.717) is 13.2 Å². The lowest BCUT2D eigenvalue weighted by Crippen LogP contribution is -2.40. The van der Waals surface area contributed by atoms with Crippen LogP contribution in [0.2, 0.25) is 10.0 Å². The zero-order valence-electron chi connectivity index (χ0n) is 15.1. The van der Waals surface area contributed by atoms with Gasteiger partial charge in [-0.1, -0.05) is 23.2 Å². The summed E-state index contributed by atoms with van der Waals surface area (Å²) in [7, 11) is -3.64. The van der Waals surface area contributed by atoms with Gasteiger partial charge in [0.05, 0.1) is 23.7 Å². The molecule has 29 heavy (non-hydrogen) atoms. The van der Waals surface area contributed by atoms with Crippen molar-refractivity contribution in [2.75, 3.05) is 32.9 Å². The zero-order valence-corrected chi connectivity index (χ0v) is 17.5. The summed E-state index contributed by atoms with van der Waals surface area (Å²) in [5.74, 6) is -1.21. The average molecular weight is 458 g/mol. The maximum absolute atomic E-state index is 12.6. The molecule has 0 radical (unpaired) electrons. The lowest BCUT2D eigenvalue weighted by Gasteiger charge is -2.26. The SMILES string of the molecule is O=C(COC(=O)c1cc(Cl)cc(Cl)c1)c1ccc(S(=O)(=O)N2CCOCC2)cc1. The molecular weight excluding hydrogens is 441 g/mol. The minimum atomic E-state index is -3.64. The number of hydrogen-bond donors (Lipinski definition) is 0. The molecular formula is C19H17Cl2NO6S. The quantitative estimate of drug-likeness (QED) is 0.488. The highest BCUT2D eigenvalue weighted by Crippen LogP contribution is 2.20. The molecule has 0 aliphatic carbocycles. The van der Waals surface area contributed by atoms with Crippen LogP contribution < -0.4 is 0 Å². The van der Waals surface area contributed by atoms with E-state index in [1.54, 1.807) is 0 Å². The van der Waals surface area contributed by atoms with Gasteiger partial charge >= 0.3 is 5.97 Å². The average Bonchev–Trinajstić information content (AvgIpc) is 2.71. The molecule has 1 saturated heterocycles. The number of nitrogens with zero attached hydrogens (tertiary/aromatic N) is 1. The molecule has 10 heteroatoms. The Kier molecular flexibility index (Phi) is 6.92. The van der Waals surface area contributed by atoms with Gasteiger partial charge < -0.3 is 9.47 Å². The Morgan fingerprint density at radius 1 is 0.966 bits per heavy atom. The highest BCUT2D eigenvalue weighted by Gasteiger charge is 2.26. The molecule has 1 aliphatic heterocycles. The Hall–Kier alpha value is -1.97. The lowest BCUT2D eigenvalue weighted by atomic mass is 10.1. The van der Waals surface area contributed by atoms with Crippen molar-refractivity contribution in [1.29, 1.82) is 0 Å². The molecule has 0 unspecified atom stereocenters. The van der Waals surface area contributed by atoms with Crippen molar-refractivity contribution in [3.05, 3.63) is 63.6 Å². The number of carbonyl (C=O) groups excluding carboxylic acids is 2. The first kappa shape index (κ1) is 21.7. The third kappa shape index (κ3) is 5.34. The number of ether oxygens (including phenoxy) is 2. The molecule has 0 atom stereocenters. The van der Waals surface area contributed by atoms with Crippen molar-refractivity contribution in [3.63, 3.8) is 0 Å². The van der Waals surface area contributed by atoms with Crippen molar-refractivity contribution in [3.8, 4) is 0 Å². The Labute approximate surface area is 178 Å². The number of halogens is 2. The third-order valence-corrected chi connectivity index (χ3v) is 6.57. The summed E-state index contributed by atoms with van der Waals surface area (Å²) >= 11 is 11.7. The van der Waals surface area contributed by atoms with Gasteiger partial charge in [-0.25, -0.2) is 13.2 Å². The van der Waals surface area contributed by atoms with Gasteiger partial charge in [0.25, 0.3) is 0 Å². The highest BCUT2D eigenvalue weighted by molar-refractivity contribution is 7.89. The molecule has 154 valence electrons. The van der Waals surface area contributed by atoms with E-state index in [9.17, 15) is 18.0 Å². The van der Waals surface area contributed by atoms with Crippen molar-refractivity contribution in [2.45, 2.75) is 4.90 Å². The fourth-order valence-corrected chi connectivity index (χ4v) is 4.65. The van der Waals surface area contributed by atoms with Crippen LogP contribution in [-0.2, 0) is 19.5 Å². The van der Waals surface area contributed by atoms with Crippen LogP contribution in [0.4, 0.5) is 0 Å². The van der Waals surface area contributed by atoms with Crippen LogP contribution in [0.1, 0.15) is 20.7 Å². The smallest absolute Gasteiger partial charge is 0.338 e. The fraction of sp³-hybridized carbons (Fsp3) is 0.263. The number of sulfonamides is 1. The summed E-state index contributed by atoms with van der Waals surface area (Å²) in [5.41, 5.74) is 0.352. The number of benzene rings is 2. The van der Waals surface area contributed by atoms with Crippen molar-refractivity contribution in [1.82, 2.24) is 4.31 Å². The van der Waals surface area contributed by atoms with E-state index in [2.05, 4.69) is 0 Å². The summed E-state index contributed by atoms with van der Waals surface area (Å²) in [6.07, 6.45) is 0. The zero-order chi connectivity index (χ0) is 21.0. The Balaban J connectivity index is 1.63. The second-order valence-corrected chi connectivity index (χ2v) is 9.01. The minimum Gasteiger partial charge on any atom is -0.454 e. The molecule has 1 heterocycles. The Morgan fingerprint density at radius 2 is 1.55 bits per heavy atom. The topological polar surface area (TPSA) is 90.0 Å². The molecule has 0 bridgehead atoms. The van der Waals surface area contributed by atoms with Crippen molar-refractivity contribution >= 4 is 45.0 Å². The van der Waals surface area contributed by atoms with E-state index in [0.717, 1.165) is 0 Å². The van der Waals surface area contributed by atoms with Crippen LogP contribution in [0.15, 0.2) is 47.4 Å². The van der Waals surface area contributed by atoms with E-state index >= 15 is 0 Å². The summed E-state index contributed by atoms with van der Waals surface area (Å²) in [6.45, 7) is 0.759. The van der Waals surface area contributed by atoms with Gasteiger partial charge in [-0.05, 0) is 42.5 Å². The van der Waals surface area contributed by atoms with Gasteiger partial charge in [0.2, 0.25) is 10.0 Å². The van der Waals surface area contributed by atoms with Crippen LogP contribution in [-0.4, -0.2) is 57.4 Å². The highest BCUT2D eigenvalue weighted by atomic mass is 35.5. The van der Waals surface area contributed by atoms with Gasteiger partial charge in [0.15, 0.2) is 12.4 Å². The summed E-state index contributed by atoms with van der Waals surface area (Å²) in [4.78, 5) is 24.4. The molecule has 0 N–H and O–H groups in total. The molecule has 0 amide bonds. The molecule has 1 fully saturated rings. The van der Waals surface area contributed by atoms with Gasteiger partial charge in [0, 0.05) is 28.7 Å². The van der Waals surface area contributed by atoms with Crippen molar-refractivity contribution < 1.29 is 27.5 Å². The van der Waals surface area contributed by atoms with Crippen LogP contribution in [0, 0.1) is 0 Å². The molecule has 0 spiro atoms. The third-order valence-electron chi connectivity index (χ3n) is 4.22. The van der Waals surface area contributed by atoms with E-state index < -0.39 is 28.4 Å². The number of carbonyl (C=O) groups is 2. The van der Waals surface area contributed by atoms with E-state index in [-0.39, 0.29) is 39.2 Å². The fourth-order valence-electron chi connectivity index (χ4n) is 2.72. The molecule has 0 saturated carbocycles. The maximum Gasteiger partial charge on any atom is 0.338 e. The van der Waals surface area contributed by atoms with Crippen LogP contribution in [0.3, 0.4) is 0 Å². The first-order valence-corrected chi connectivity index (χ1v) is 10.8. The standard InChI is InChI=1S/C19H17Cl2NO6S/c20-15-9-14(10-16(21)11-15)19(24)28-12-18(23)13-1-3-17(4-2-13)29(25,26)22-5-7-27-8-6-22/h1-4,9-11H,5-8,12H2. The molecule has 3 rings (SSSR count). The predicted molar refractivity (Wildman–Crippen MR) is 107 cm³/mol. The minimum absolute atomic E-state index is 0.0847.